The number of aromatic amines is 1. The van der Waals surface area contributed by atoms with Gasteiger partial charge in [-0.25, -0.2) is 4.39 Å². The SMILES string of the molecule is Cc1[nH]c2ccc(F)cc2c1CC1CNCCC1O. The second-order valence-corrected chi connectivity index (χ2v) is 5.44. The van der Waals surface area contributed by atoms with Crippen molar-refractivity contribution in [1.29, 1.82) is 0 Å². The number of hydrogen-bond acceptors (Lipinski definition) is 2. The lowest BCUT2D eigenvalue weighted by Crippen LogP contribution is -2.40. The van der Waals surface area contributed by atoms with E-state index in [1.54, 1.807) is 12.1 Å². The zero-order valence-electron chi connectivity index (χ0n) is 11.0. The van der Waals surface area contributed by atoms with E-state index in [0.717, 1.165) is 48.1 Å². The lowest BCUT2D eigenvalue weighted by Gasteiger charge is -2.28. The van der Waals surface area contributed by atoms with Crippen LogP contribution in [0.15, 0.2) is 18.2 Å². The molecule has 2 unspecified atom stereocenters. The number of aliphatic hydroxyl groups excluding tert-OH is 1. The molecule has 3 nitrogen and oxygen atoms in total. The maximum absolute atomic E-state index is 13.4. The monoisotopic (exact) mass is 262 g/mol. The molecule has 3 rings (SSSR count). The van der Waals surface area contributed by atoms with Gasteiger partial charge in [0.2, 0.25) is 0 Å². The van der Waals surface area contributed by atoms with Crippen molar-refractivity contribution in [3.63, 3.8) is 0 Å². The summed E-state index contributed by atoms with van der Waals surface area (Å²) in [6.45, 7) is 3.71. The lowest BCUT2D eigenvalue weighted by molar-refractivity contribution is 0.0792. The molecule has 0 amide bonds. The van der Waals surface area contributed by atoms with Crippen molar-refractivity contribution in [3.05, 3.63) is 35.3 Å². The minimum Gasteiger partial charge on any atom is -0.393 e. The van der Waals surface area contributed by atoms with Crippen LogP contribution in [0.25, 0.3) is 10.9 Å². The number of aryl methyl sites for hydroxylation is 1. The lowest BCUT2D eigenvalue weighted by atomic mass is 9.89. The Morgan fingerprint density at radius 3 is 3.05 bits per heavy atom. The molecule has 3 N–H and O–H groups in total. The van der Waals surface area contributed by atoms with Gasteiger partial charge in [0.25, 0.3) is 0 Å². The number of nitrogens with one attached hydrogen (secondary N) is 2. The van der Waals surface area contributed by atoms with Crippen LogP contribution in [-0.4, -0.2) is 29.3 Å². The van der Waals surface area contributed by atoms with E-state index in [1.807, 2.05) is 6.92 Å². The van der Waals surface area contributed by atoms with E-state index in [2.05, 4.69) is 10.3 Å². The molecule has 2 atom stereocenters. The largest absolute Gasteiger partial charge is 0.393 e. The number of fused-ring (bicyclic) bond motifs is 1. The summed E-state index contributed by atoms with van der Waals surface area (Å²) in [4.78, 5) is 3.29. The van der Waals surface area contributed by atoms with Crippen molar-refractivity contribution in [2.75, 3.05) is 13.1 Å². The second kappa shape index (κ2) is 4.94. The molecule has 1 aliphatic heterocycles. The van der Waals surface area contributed by atoms with Crippen LogP contribution in [0.2, 0.25) is 0 Å². The van der Waals surface area contributed by atoms with Gasteiger partial charge in [0, 0.05) is 29.1 Å². The minimum absolute atomic E-state index is 0.203. The molecule has 0 saturated carbocycles. The third-order valence-electron chi connectivity index (χ3n) is 4.12. The van der Waals surface area contributed by atoms with E-state index in [4.69, 9.17) is 0 Å². The van der Waals surface area contributed by atoms with Crippen molar-refractivity contribution < 1.29 is 9.50 Å². The maximum atomic E-state index is 13.4. The van der Waals surface area contributed by atoms with Crippen molar-refractivity contribution in [2.24, 2.45) is 5.92 Å². The molecular formula is C15H19FN2O. The van der Waals surface area contributed by atoms with Crippen molar-refractivity contribution in [2.45, 2.75) is 25.9 Å². The molecule has 102 valence electrons. The van der Waals surface area contributed by atoms with Crippen LogP contribution < -0.4 is 5.32 Å². The normalized spacial score (nSPS) is 23.9. The van der Waals surface area contributed by atoms with Crippen molar-refractivity contribution in [3.8, 4) is 0 Å². The number of aromatic nitrogens is 1. The number of H-pyrrole nitrogens is 1. The van der Waals surface area contributed by atoms with Gasteiger partial charge in [0.05, 0.1) is 6.10 Å². The van der Waals surface area contributed by atoms with E-state index in [0.29, 0.717) is 0 Å². The van der Waals surface area contributed by atoms with Crippen LogP contribution in [-0.2, 0) is 6.42 Å². The molecule has 0 radical (unpaired) electrons. The molecule has 1 aromatic carbocycles. The Kier molecular flexibility index (Phi) is 3.29. The summed E-state index contributed by atoms with van der Waals surface area (Å²) in [6, 6.07) is 4.83. The zero-order chi connectivity index (χ0) is 13.4. The Balaban J connectivity index is 1.95. The zero-order valence-corrected chi connectivity index (χ0v) is 11.0. The Morgan fingerprint density at radius 2 is 2.26 bits per heavy atom. The third-order valence-corrected chi connectivity index (χ3v) is 4.12. The van der Waals surface area contributed by atoms with E-state index < -0.39 is 0 Å². The molecule has 4 heteroatoms. The highest BCUT2D eigenvalue weighted by Crippen LogP contribution is 2.27. The first-order valence-corrected chi connectivity index (χ1v) is 6.80. The summed E-state index contributed by atoms with van der Waals surface area (Å²) in [6.07, 6.45) is 1.31. The maximum Gasteiger partial charge on any atom is 0.123 e. The molecule has 2 aromatic rings. The average Bonchev–Trinajstić information content (AvgIpc) is 2.69. The number of halogens is 1. The first-order valence-electron chi connectivity index (χ1n) is 6.80. The standard InChI is InChI=1S/C15H19FN2O/c1-9-12(6-10-8-17-5-4-15(10)19)13-7-11(16)2-3-14(13)18-9/h2-3,7,10,15,17-19H,4-6,8H2,1H3. The summed E-state index contributed by atoms with van der Waals surface area (Å²) < 4.78 is 13.4. The fourth-order valence-electron chi connectivity index (χ4n) is 3.00. The second-order valence-electron chi connectivity index (χ2n) is 5.44. The summed E-state index contributed by atoms with van der Waals surface area (Å²) >= 11 is 0. The number of benzene rings is 1. The third kappa shape index (κ3) is 2.38. The first kappa shape index (κ1) is 12.6. The highest BCUT2D eigenvalue weighted by atomic mass is 19.1. The smallest absolute Gasteiger partial charge is 0.123 e. The summed E-state index contributed by atoms with van der Waals surface area (Å²) in [5.41, 5.74) is 3.16. The predicted octanol–water partition coefficient (Wildman–Crippen LogP) is 2.13. The van der Waals surface area contributed by atoms with Crippen LogP contribution in [0.3, 0.4) is 0 Å². The minimum atomic E-state index is -0.265. The van der Waals surface area contributed by atoms with Crippen LogP contribution >= 0.6 is 0 Å². The number of hydrogen-bond donors (Lipinski definition) is 3. The van der Waals surface area contributed by atoms with Gasteiger partial charge >= 0.3 is 0 Å². The van der Waals surface area contributed by atoms with Crippen LogP contribution in [0.1, 0.15) is 17.7 Å². The Bertz CT molecular complexity index is 593. The van der Waals surface area contributed by atoms with Crippen molar-refractivity contribution in [1.82, 2.24) is 10.3 Å². The van der Waals surface area contributed by atoms with Gasteiger partial charge in [-0.3, -0.25) is 0 Å². The summed E-state index contributed by atoms with van der Waals surface area (Å²) in [5, 5.41) is 14.3. The van der Waals surface area contributed by atoms with Crippen LogP contribution in [0.5, 0.6) is 0 Å². The number of aliphatic hydroxyl groups is 1. The molecule has 2 heterocycles. The van der Waals surface area contributed by atoms with E-state index in [-0.39, 0.29) is 17.8 Å². The molecule has 0 spiro atoms. The molecule has 19 heavy (non-hydrogen) atoms. The molecule has 1 saturated heterocycles. The van der Waals surface area contributed by atoms with Crippen molar-refractivity contribution >= 4 is 10.9 Å². The van der Waals surface area contributed by atoms with Gasteiger partial charge in [-0.05, 0) is 50.1 Å². The fraction of sp³-hybridized carbons (Fsp3) is 0.467. The van der Waals surface area contributed by atoms with Gasteiger partial charge in [-0.15, -0.1) is 0 Å². The highest BCUT2D eigenvalue weighted by Gasteiger charge is 2.24. The van der Waals surface area contributed by atoms with Crippen LogP contribution in [0.4, 0.5) is 4.39 Å². The van der Waals surface area contributed by atoms with E-state index >= 15 is 0 Å². The first-order chi connectivity index (χ1) is 9.15. The number of rotatable bonds is 2. The molecular weight excluding hydrogens is 243 g/mol. The summed E-state index contributed by atoms with van der Waals surface area (Å²) in [7, 11) is 0. The molecule has 1 aromatic heterocycles. The Labute approximate surface area is 111 Å². The molecule has 1 fully saturated rings. The topological polar surface area (TPSA) is 48.0 Å². The van der Waals surface area contributed by atoms with Gasteiger partial charge < -0.3 is 15.4 Å². The molecule has 0 aliphatic carbocycles. The average molecular weight is 262 g/mol. The van der Waals surface area contributed by atoms with Gasteiger partial charge in [-0.1, -0.05) is 0 Å². The van der Waals surface area contributed by atoms with E-state index in [1.165, 1.54) is 6.07 Å². The van der Waals surface area contributed by atoms with Crippen LogP contribution in [0, 0.1) is 18.7 Å². The molecule has 1 aliphatic rings. The quantitative estimate of drug-likeness (QED) is 0.776. The molecule has 0 bridgehead atoms. The predicted molar refractivity (Wildman–Crippen MR) is 73.7 cm³/mol. The van der Waals surface area contributed by atoms with Gasteiger partial charge in [0.15, 0.2) is 0 Å². The Hall–Kier alpha value is -1.39. The van der Waals surface area contributed by atoms with Gasteiger partial charge in [-0.2, -0.15) is 0 Å². The van der Waals surface area contributed by atoms with E-state index in [9.17, 15) is 9.50 Å². The highest BCUT2D eigenvalue weighted by molar-refractivity contribution is 5.84. The fourth-order valence-corrected chi connectivity index (χ4v) is 3.00. The van der Waals surface area contributed by atoms with Gasteiger partial charge in [0.1, 0.15) is 5.82 Å². The number of piperidine rings is 1. The summed E-state index contributed by atoms with van der Waals surface area (Å²) in [5.74, 6) is -0.00946. The Morgan fingerprint density at radius 1 is 1.42 bits per heavy atom.